The predicted octanol–water partition coefficient (Wildman–Crippen LogP) is -2.26. The van der Waals surface area contributed by atoms with Gasteiger partial charge in [0.25, 0.3) is 5.60 Å². The third-order valence-corrected chi connectivity index (χ3v) is 9.15. The smallest absolute Gasteiger partial charge is 0.349 e. The van der Waals surface area contributed by atoms with E-state index in [2.05, 4.69) is 15.6 Å². The molecule has 2 heterocycles. The Bertz CT molecular complexity index is 1000. The molecule has 0 bridgehead atoms. The molecule has 39 heavy (non-hydrogen) atoms. The van der Waals surface area contributed by atoms with E-state index in [0.29, 0.717) is 44.0 Å². The van der Waals surface area contributed by atoms with E-state index in [4.69, 9.17) is 26.0 Å². The van der Waals surface area contributed by atoms with Gasteiger partial charge in [0.1, 0.15) is 6.17 Å². The maximum Gasteiger partial charge on any atom is 0.349 e. The first-order valence-corrected chi connectivity index (χ1v) is 14.6. The number of guanidine groups is 1. The number of hydrogen-bond acceptors (Lipinski definition) is 7. The summed E-state index contributed by atoms with van der Waals surface area (Å²) in [5.74, 6) is -1.29. The molecule has 4 aliphatic rings. The lowest BCUT2D eigenvalue weighted by Gasteiger charge is -2.36. The van der Waals surface area contributed by atoms with Gasteiger partial charge >= 0.3 is 11.9 Å². The highest BCUT2D eigenvalue weighted by Gasteiger charge is 2.86. The first kappa shape index (κ1) is 29.6. The van der Waals surface area contributed by atoms with Gasteiger partial charge in [-0.3, -0.25) is 31.4 Å². The summed E-state index contributed by atoms with van der Waals surface area (Å²) < 4.78 is 11.5. The first-order chi connectivity index (χ1) is 18.7. The van der Waals surface area contributed by atoms with Gasteiger partial charge in [-0.15, -0.1) is 0 Å². The van der Waals surface area contributed by atoms with E-state index in [-0.39, 0.29) is 43.4 Å². The predicted molar refractivity (Wildman–Crippen MR) is 143 cm³/mol. The van der Waals surface area contributed by atoms with Crippen molar-refractivity contribution in [3.05, 3.63) is 11.6 Å². The Kier molecular flexibility index (Phi) is 9.46. The zero-order valence-corrected chi connectivity index (χ0v) is 23.4. The zero-order chi connectivity index (χ0) is 28.2. The number of fused-ring (bicyclic) bond motifs is 2. The Hall–Kier alpha value is -2.34. The minimum Gasteiger partial charge on any atom is -0.463 e. The van der Waals surface area contributed by atoms with E-state index in [0.717, 1.165) is 37.8 Å². The molecule has 4 fully saturated rings. The van der Waals surface area contributed by atoms with Gasteiger partial charge in [0.05, 0.1) is 26.2 Å². The summed E-state index contributed by atoms with van der Waals surface area (Å²) in [6.07, 6.45) is 8.62. The molecule has 2 saturated carbocycles. The lowest BCUT2D eigenvalue weighted by molar-refractivity contribution is -0.699. The highest BCUT2D eigenvalue weighted by atomic mass is 16.7. The number of ketones is 2. The average molecular weight is 550 g/mol. The lowest BCUT2D eigenvalue weighted by atomic mass is 9.61. The molecule has 11 nitrogen and oxygen atoms in total. The fourth-order valence-electron chi connectivity index (χ4n) is 6.91. The minimum absolute atomic E-state index is 0.00694. The Morgan fingerprint density at radius 3 is 2.64 bits per heavy atom. The number of piperidine rings is 1. The molecule has 2 aliphatic heterocycles. The molecular weight excluding hydrogens is 502 g/mol. The molecule has 0 aromatic rings. The summed E-state index contributed by atoms with van der Waals surface area (Å²) in [7, 11) is 1.76. The third-order valence-electron chi connectivity index (χ3n) is 9.15. The van der Waals surface area contributed by atoms with Crippen molar-refractivity contribution >= 4 is 23.5 Å². The van der Waals surface area contributed by atoms with Crippen LogP contribution in [0.4, 0.5) is 0 Å². The molecule has 7 unspecified atom stereocenters. The van der Waals surface area contributed by atoms with Crippen molar-refractivity contribution in [2.24, 2.45) is 29.2 Å². The first-order valence-electron chi connectivity index (χ1n) is 14.6. The summed E-state index contributed by atoms with van der Waals surface area (Å²) >= 11 is 0. The van der Waals surface area contributed by atoms with Gasteiger partial charge < -0.3 is 19.9 Å². The van der Waals surface area contributed by atoms with Gasteiger partial charge in [0.2, 0.25) is 0 Å². The van der Waals surface area contributed by atoms with Gasteiger partial charge in [-0.1, -0.05) is 24.5 Å². The van der Waals surface area contributed by atoms with Gasteiger partial charge in [-0.05, 0) is 32.6 Å². The van der Waals surface area contributed by atoms with Gasteiger partial charge in [0.15, 0.2) is 17.2 Å². The van der Waals surface area contributed by atoms with Gasteiger partial charge in [0, 0.05) is 50.0 Å². The number of quaternary nitrogens is 1. The van der Waals surface area contributed by atoms with Crippen molar-refractivity contribution in [2.75, 3.05) is 26.8 Å². The number of esters is 1. The van der Waals surface area contributed by atoms with Crippen LogP contribution < -0.4 is 27.1 Å². The number of rotatable bonds is 11. The molecule has 0 spiro atoms. The summed E-state index contributed by atoms with van der Waals surface area (Å²) in [5, 5.41) is 14.6. The second kappa shape index (κ2) is 12.4. The van der Waals surface area contributed by atoms with Crippen molar-refractivity contribution in [1.29, 1.82) is 0 Å². The zero-order valence-electron chi connectivity index (χ0n) is 23.4. The maximum atomic E-state index is 13.9. The van der Waals surface area contributed by atoms with Crippen LogP contribution in [0.15, 0.2) is 11.6 Å². The van der Waals surface area contributed by atoms with Crippen LogP contribution in [0.2, 0.25) is 0 Å². The summed E-state index contributed by atoms with van der Waals surface area (Å²) in [5.41, 5.74) is 9.96. The fraction of sp³-hybridized carbons (Fsp3) is 0.786. The molecule has 9 N–H and O–H groups in total. The van der Waals surface area contributed by atoms with E-state index in [1.54, 1.807) is 7.05 Å². The lowest BCUT2D eigenvalue weighted by Crippen LogP contribution is -2.95. The molecule has 4 rings (SSSR count). The van der Waals surface area contributed by atoms with Crippen LogP contribution in [0.1, 0.15) is 71.1 Å². The highest BCUT2D eigenvalue weighted by Crippen LogP contribution is 2.61. The van der Waals surface area contributed by atoms with E-state index >= 15 is 0 Å². The Morgan fingerprint density at radius 2 is 1.97 bits per heavy atom. The number of nitrogens with one attached hydrogen (secondary N) is 2. The molecule has 0 aromatic carbocycles. The largest absolute Gasteiger partial charge is 0.463 e. The van der Waals surface area contributed by atoms with E-state index in [1.807, 2.05) is 13.0 Å². The number of ether oxygens (including phenoxy) is 2. The Labute approximate surface area is 230 Å². The van der Waals surface area contributed by atoms with Crippen LogP contribution >= 0.6 is 0 Å². The quantitative estimate of drug-likeness (QED) is 0.0314. The number of carbonyl (C=O) groups is 3. The van der Waals surface area contributed by atoms with Crippen molar-refractivity contribution in [3.8, 4) is 0 Å². The maximum absolute atomic E-state index is 13.9. The highest BCUT2D eigenvalue weighted by molar-refractivity contribution is 6.23. The number of aliphatic hydroxyl groups excluding tert-OH is 1. The molecule has 7 atom stereocenters. The van der Waals surface area contributed by atoms with Crippen LogP contribution in [-0.2, 0) is 23.9 Å². The van der Waals surface area contributed by atoms with Crippen molar-refractivity contribution < 1.29 is 39.3 Å². The van der Waals surface area contributed by atoms with E-state index < -0.39 is 29.0 Å². The van der Waals surface area contributed by atoms with Crippen molar-refractivity contribution in [2.45, 2.75) is 94.5 Å². The normalized spacial score (nSPS) is 35.6. The van der Waals surface area contributed by atoms with Crippen LogP contribution in [0.3, 0.4) is 0 Å². The SMILES string of the molecule is C[NH+]=C(N)NC(CC(C)=CCC12OC1(C(=O)OCCCCO)C(=O)C1CCCCC1C2=O)C1CC[NH2+]C(N)C1. The molecule has 0 radical (unpaired) electrons. The average Bonchev–Trinajstić information content (AvgIpc) is 3.64. The van der Waals surface area contributed by atoms with Crippen molar-refractivity contribution in [3.63, 3.8) is 0 Å². The van der Waals surface area contributed by atoms with Gasteiger partial charge in [-0.25, -0.2) is 4.79 Å². The molecule has 2 aliphatic carbocycles. The number of aliphatic hydroxyl groups is 1. The van der Waals surface area contributed by atoms with Gasteiger partial charge in [-0.2, -0.15) is 0 Å². The second-order valence-electron chi connectivity index (χ2n) is 11.7. The molecule has 0 amide bonds. The van der Waals surface area contributed by atoms with E-state index in [1.165, 1.54) is 0 Å². The monoisotopic (exact) mass is 549 g/mol. The molecule has 218 valence electrons. The van der Waals surface area contributed by atoms with Crippen LogP contribution in [-0.4, -0.2) is 78.8 Å². The summed E-state index contributed by atoms with van der Waals surface area (Å²) in [4.78, 5) is 43.9. The fourth-order valence-corrected chi connectivity index (χ4v) is 6.91. The standard InChI is InChI=1S/C28H45N5O6/c1-17(15-21(33-26(30)31-2)18-10-12-32-22(29)16-18)9-11-27-23(35)19-7-3-4-8-20(19)24(36)28(27,39-27)25(37)38-14-6-5-13-34/h9,18-22,32,34H,3-8,10-16,29H2,1-2H3,(H3,30,31,33)/p+2. The van der Waals surface area contributed by atoms with Crippen LogP contribution in [0.25, 0.3) is 0 Å². The molecule has 0 aromatic heterocycles. The van der Waals surface area contributed by atoms with Crippen molar-refractivity contribution in [1.82, 2.24) is 5.32 Å². The number of carbonyl (C=O) groups excluding carboxylic acids is 3. The second-order valence-corrected chi connectivity index (χ2v) is 11.7. The number of unbranched alkanes of at least 4 members (excludes halogenated alkanes) is 1. The van der Waals surface area contributed by atoms with E-state index in [9.17, 15) is 14.4 Å². The third kappa shape index (κ3) is 5.77. The number of Topliss-reactive ketones (excluding diaryl/α,β-unsaturated/α-hetero) is 2. The number of hydrogen-bond donors (Lipinski definition) is 6. The summed E-state index contributed by atoms with van der Waals surface area (Å²) in [6, 6.07) is 0.0405. The minimum atomic E-state index is -1.85. The number of epoxide rings is 1. The topological polar surface area (TPSA) is 188 Å². The number of nitrogens with two attached hydrogens (primary N) is 3. The molecule has 11 heteroatoms. The van der Waals surface area contributed by atoms with Crippen LogP contribution in [0, 0.1) is 17.8 Å². The van der Waals surface area contributed by atoms with Crippen LogP contribution in [0.5, 0.6) is 0 Å². The Balaban J connectivity index is 1.54. The molecule has 2 saturated heterocycles. The molecular formula is C28H47N5O6+2. The Morgan fingerprint density at radius 1 is 1.26 bits per heavy atom. The summed E-state index contributed by atoms with van der Waals surface area (Å²) in [6.45, 7) is 3.01.